The quantitative estimate of drug-likeness (QED) is 0.0860. The van der Waals surface area contributed by atoms with E-state index in [0.717, 1.165) is 57.8 Å². The van der Waals surface area contributed by atoms with Crippen LogP contribution in [-0.2, 0) is 27.3 Å². The van der Waals surface area contributed by atoms with Crippen LogP contribution in [0, 0.1) is 0 Å². The molecule has 222 valence electrons. The third kappa shape index (κ3) is 39.2. The van der Waals surface area contributed by atoms with Crippen LogP contribution in [0.5, 0.6) is 0 Å². The molecule has 0 aromatic carbocycles. The van der Waals surface area contributed by atoms with Gasteiger partial charge in [-0.25, -0.2) is 0 Å². The van der Waals surface area contributed by atoms with Gasteiger partial charge in [-0.05, 0) is 38.5 Å². The Labute approximate surface area is 238 Å². The average Bonchev–Trinajstić information content (AvgIpc) is 2.78. The second kappa shape index (κ2) is 30.0. The van der Waals surface area contributed by atoms with Crippen molar-refractivity contribution in [2.75, 3.05) is 38.3 Å². The fraction of sp³-hybridized carbons (Fsp3) is 1.00. The van der Waals surface area contributed by atoms with E-state index >= 15 is 0 Å². The van der Waals surface area contributed by atoms with Crippen molar-refractivity contribution in [2.45, 2.75) is 119 Å². The van der Waals surface area contributed by atoms with Crippen LogP contribution in [0.1, 0.15) is 119 Å². The molecule has 13 heteroatoms. The number of hydrogen-bond acceptors (Lipinski definition) is 9. The van der Waals surface area contributed by atoms with Gasteiger partial charge in [0.05, 0.1) is 19.8 Å². The van der Waals surface area contributed by atoms with Crippen LogP contribution in [0.4, 0.5) is 0 Å². The van der Waals surface area contributed by atoms with Gasteiger partial charge >= 0.3 is 17.4 Å². The molecule has 3 unspecified atom stereocenters. The van der Waals surface area contributed by atoms with E-state index in [1.807, 2.05) is 20.8 Å². The molecule has 0 spiro atoms. The molecule has 0 radical (unpaired) electrons. The second-order valence-electron chi connectivity index (χ2n) is 8.62. The van der Waals surface area contributed by atoms with Gasteiger partial charge in [-0.1, -0.05) is 80.1 Å². The zero-order valence-electron chi connectivity index (χ0n) is 24.3. The topological polar surface area (TPSA) is 148 Å². The second-order valence-corrected chi connectivity index (χ2v) is 14.4. The maximum Gasteiger partial charge on any atom is 3.00 e. The summed E-state index contributed by atoms with van der Waals surface area (Å²) in [5.74, 6) is 0. The van der Waals surface area contributed by atoms with Crippen molar-refractivity contribution in [2.24, 2.45) is 0 Å². The summed E-state index contributed by atoms with van der Waals surface area (Å²) in [6.45, 7) is 12.8. The van der Waals surface area contributed by atoms with E-state index in [1.54, 1.807) is 0 Å². The molecule has 0 bridgehead atoms. The molecule has 0 heterocycles. The summed E-state index contributed by atoms with van der Waals surface area (Å²) in [5.41, 5.74) is 0. The molecule has 0 saturated heterocycles. The Morgan fingerprint density at radius 1 is 0.432 bits per heavy atom. The summed E-state index contributed by atoms with van der Waals surface area (Å²) in [6, 6.07) is 0. The van der Waals surface area contributed by atoms with E-state index in [2.05, 4.69) is 20.8 Å². The Hall–Kier alpha value is 0.982. The van der Waals surface area contributed by atoms with Crippen molar-refractivity contribution in [3.05, 3.63) is 0 Å². The zero-order valence-corrected chi connectivity index (χ0v) is 28.2. The average molecular weight is 607 g/mol. The molecule has 9 nitrogen and oxygen atoms in total. The minimum atomic E-state index is -3.48. The predicted octanol–water partition coefficient (Wildman–Crippen LogP) is 6.09. The minimum absolute atomic E-state index is 0. The predicted molar refractivity (Wildman–Crippen MR) is 150 cm³/mol. The molecular weight excluding hydrogens is 552 g/mol. The molecule has 0 rings (SSSR count). The number of hydrogen-bond donors (Lipinski definition) is 0. The fourth-order valence-corrected chi connectivity index (χ4v) is 5.93. The third-order valence-electron chi connectivity index (χ3n) is 4.60. The molecular formula is C24H54AlO9P3. The molecule has 37 heavy (non-hydrogen) atoms. The Balaban J connectivity index is -0.000000218. The summed E-state index contributed by atoms with van der Waals surface area (Å²) in [6.07, 6.45) is 11.3. The zero-order chi connectivity index (χ0) is 28.3. The summed E-state index contributed by atoms with van der Waals surface area (Å²) < 4.78 is 47.3. The van der Waals surface area contributed by atoms with Gasteiger partial charge < -0.3 is 41.9 Å². The SMILES string of the molecule is CCCCCOP(=O)([O-])CCC.CCCCCOP(=O)([O-])CCC.CCCCCOP(=O)([O-])CCC.[Al+3]. The third-order valence-corrected chi connectivity index (χ3v) is 9.31. The molecule has 0 aromatic heterocycles. The molecule has 0 saturated carbocycles. The van der Waals surface area contributed by atoms with Gasteiger partial charge in [0.25, 0.3) is 0 Å². The van der Waals surface area contributed by atoms with E-state index in [-0.39, 0.29) is 35.8 Å². The minimum Gasteiger partial charge on any atom is -0.778 e. The number of rotatable bonds is 21. The Kier molecular flexibility index (Phi) is 36.4. The van der Waals surface area contributed by atoms with Gasteiger partial charge in [-0.2, -0.15) is 0 Å². The van der Waals surface area contributed by atoms with Crippen molar-refractivity contribution in [1.29, 1.82) is 0 Å². The van der Waals surface area contributed by atoms with Crippen molar-refractivity contribution in [3.8, 4) is 0 Å². The van der Waals surface area contributed by atoms with Gasteiger partial charge in [-0.3, -0.25) is 0 Å². The fourth-order valence-electron chi connectivity index (χ4n) is 2.68. The van der Waals surface area contributed by atoms with E-state index < -0.39 is 22.8 Å². The molecule has 0 aromatic rings. The summed E-state index contributed by atoms with van der Waals surface area (Å²) in [5, 5.41) is 0. The van der Waals surface area contributed by atoms with E-state index in [9.17, 15) is 28.4 Å². The van der Waals surface area contributed by atoms with Gasteiger partial charge in [0.1, 0.15) is 22.8 Å². The smallest absolute Gasteiger partial charge is 0.778 e. The maximum absolute atomic E-state index is 11.0. The normalized spacial score (nSPS) is 15.5. The van der Waals surface area contributed by atoms with Crippen LogP contribution in [0.3, 0.4) is 0 Å². The van der Waals surface area contributed by atoms with Gasteiger partial charge in [0, 0.05) is 18.5 Å². The first kappa shape index (κ1) is 45.0. The van der Waals surface area contributed by atoms with Crippen LogP contribution in [0.15, 0.2) is 0 Å². The molecule has 0 N–H and O–H groups in total. The summed E-state index contributed by atoms with van der Waals surface area (Å²) in [4.78, 5) is 33.0. The van der Waals surface area contributed by atoms with Gasteiger partial charge in [-0.15, -0.1) is 0 Å². The standard InChI is InChI=1S/3C8H19O3P.Al/c3*1-3-5-6-7-11-12(9,10)8-4-2;/h3*3-8H2,1-2H3,(H,9,10);/q;;;+3/p-3. The molecule has 0 aliphatic rings. The number of unbranched alkanes of at least 4 members (excludes halogenated alkanes) is 6. The van der Waals surface area contributed by atoms with Crippen molar-refractivity contribution < 1.29 is 41.9 Å². The van der Waals surface area contributed by atoms with Crippen LogP contribution >= 0.6 is 22.8 Å². The van der Waals surface area contributed by atoms with Crippen LogP contribution in [-0.4, -0.2) is 55.7 Å². The molecule has 0 aliphatic heterocycles. The molecule has 0 fully saturated rings. The van der Waals surface area contributed by atoms with Gasteiger partial charge in [0.2, 0.25) is 0 Å². The molecule has 0 aliphatic carbocycles. The first-order chi connectivity index (χ1) is 16.9. The molecule has 0 amide bonds. The van der Waals surface area contributed by atoms with E-state index in [0.29, 0.717) is 39.1 Å². The molecule has 3 atom stereocenters. The summed E-state index contributed by atoms with van der Waals surface area (Å²) >= 11 is 0. The Bertz CT molecular complexity index is 529. The largest absolute Gasteiger partial charge is 3.00 e. The van der Waals surface area contributed by atoms with E-state index in [4.69, 9.17) is 13.6 Å². The van der Waals surface area contributed by atoms with Crippen LogP contribution in [0.25, 0.3) is 0 Å². The van der Waals surface area contributed by atoms with Crippen LogP contribution in [0.2, 0.25) is 0 Å². The Morgan fingerprint density at radius 3 is 0.811 bits per heavy atom. The van der Waals surface area contributed by atoms with Gasteiger partial charge in [0.15, 0.2) is 0 Å². The van der Waals surface area contributed by atoms with Crippen molar-refractivity contribution in [1.82, 2.24) is 0 Å². The first-order valence-corrected chi connectivity index (χ1v) is 18.9. The maximum atomic E-state index is 11.0. The monoisotopic (exact) mass is 606 g/mol. The first-order valence-electron chi connectivity index (χ1n) is 13.7. The van der Waals surface area contributed by atoms with Crippen LogP contribution < -0.4 is 14.7 Å². The Morgan fingerprint density at radius 2 is 0.649 bits per heavy atom. The van der Waals surface area contributed by atoms with Crippen molar-refractivity contribution in [3.63, 3.8) is 0 Å². The summed E-state index contributed by atoms with van der Waals surface area (Å²) in [7, 11) is -10.4. The van der Waals surface area contributed by atoms with E-state index in [1.165, 1.54) is 0 Å². The van der Waals surface area contributed by atoms with Crippen molar-refractivity contribution >= 4 is 40.1 Å².